The Bertz CT molecular complexity index is 764. The van der Waals surface area contributed by atoms with Gasteiger partial charge in [-0.25, -0.2) is 4.39 Å². The summed E-state index contributed by atoms with van der Waals surface area (Å²) in [5.74, 6) is -0.989. The van der Waals surface area contributed by atoms with Crippen LogP contribution in [0.3, 0.4) is 0 Å². The zero-order chi connectivity index (χ0) is 18.0. The summed E-state index contributed by atoms with van der Waals surface area (Å²) < 4.78 is 13.2. The number of benzene rings is 1. The van der Waals surface area contributed by atoms with Crippen LogP contribution >= 0.6 is 0 Å². The summed E-state index contributed by atoms with van der Waals surface area (Å²) in [7, 11) is 3.42. The molecule has 2 atom stereocenters. The highest BCUT2D eigenvalue weighted by Gasteiger charge is 2.43. The third-order valence-corrected chi connectivity index (χ3v) is 4.66. The van der Waals surface area contributed by atoms with Crippen molar-refractivity contribution in [1.29, 1.82) is 0 Å². The van der Waals surface area contributed by atoms with Crippen molar-refractivity contribution in [3.8, 4) is 0 Å². The minimum Gasteiger partial charge on any atom is -0.341 e. The molecule has 0 unspecified atom stereocenters. The third kappa shape index (κ3) is 3.52. The summed E-state index contributed by atoms with van der Waals surface area (Å²) in [6.07, 6.45) is 3.53. The Morgan fingerprint density at radius 3 is 2.52 bits per heavy atom. The molecule has 1 saturated heterocycles. The molecule has 1 aliphatic heterocycles. The van der Waals surface area contributed by atoms with Gasteiger partial charge in [-0.1, -0.05) is 12.1 Å². The second-order valence-corrected chi connectivity index (χ2v) is 6.36. The summed E-state index contributed by atoms with van der Waals surface area (Å²) in [4.78, 5) is 32.3. The third-order valence-electron chi connectivity index (χ3n) is 4.66. The maximum Gasteiger partial charge on any atom is 0.228 e. The second kappa shape index (κ2) is 7.01. The van der Waals surface area contributed by atoms with Gasteiger partial charge in [-0.3, -0.25) is 14.6 Å². The van der Waals surface area contributed by atoms with E-state index in [-0.39, 0.29) is 30.1 Å². The molecule has 5 nitrogen and oxygen atoms in total. The smallest absolute Gasteiger partial charge is 0.228 e. The number of nitrogens with zero attached hydrogens (tertiary/aromatic N) is 3. The van der Waals surface area contributed by atoms with E-state index in [1.54, 1.807) is 48.4 Å². The van der Waals surface area contributed by atoms with Crippen molar-refractivity contribution in [3.63, 3.8) is 0 Å². The molecular formula is C19H20FN3O2. The number of aromatic nitrogens is 1. The first-order valence-corrected chi connectivity index (χ1v) is 8.12. The number of hydrogen-bond donors (Lipinski definition) is 0. The van der Waals surface area contributed by atoms with Gasteiger partial charge in [0, 0.05) is 39.5 Å². The number of pyridine rings is 1. The van der Waals surface area contributed by atoms with Crippen LogP contribution in [0.4, 0.5) is 4.39 Å². The van der Waals surface area contributed by atoms with Crippen LogP contribution < -0.4 is 0 Å². The number of carbonyl (C=O) groups excluding carboxylic acids is 2. The molecule has 3 rings (SSSR count). The number of amides is 2. The van der Waals surface area contributed by atoms with Gasteiger partial charge in [-0.2, -0.15) is 0 Å². The molecule has 0 aliphatic carbocycles. The Labute approximate surface area is 146 Å². The minimum absolute atomic E-state index is 0.0787. The molecule has 2 heterocycles. The lowest BCUT2D eigenvalue weighted by Crippen LogP contribution is -2.35. The van der Waals surface area contributed by atoms with Crippen LogP contribution in [0, 0.1) is 11.7 Å². The summed E-state index contributed by atoms with van der Waals surface area (Å²) in [6.45, 7) is 0.450. The van der Waals surface area contributed by atoms with Crippen molar-refractivity contribution in [2.24, 2.45) is 5.92 Å². The van der Waals surface area contributed by atoms with E-state index in [1.165, 1.54) is 12.1 Å². The summed E-state index contributed by atoms with van der Waals surface area (Å²) >= 11 is 0. The molecule has 6 heteroatoms. The predicted molar refractivity (Wildman–Crippen MR) is 90.7 cm³/mol. The molecular weight excluding hydrogens is 321 g/mol. The van der Waals surface area contributed by atoms with Crippen LogP contribution in [0.15, 0.2) is 48.8 Å². The van der Waals surface area contributed by atoms with Crippen LogP contribution in [0.5, 0.6) is 0 Å². The maximum absolute atomic E-state index is 13.2. The van der Waals surface area contributed by atoms with Crippen molar-refractivity contribution in [2.75, 3.05) is 14.1 Å². The average molecular weight is 341 g/mol. The Hall–Kier alpha value is -2.76. The minimum atomic E-state index is -0.477. The fraction of sp³-hybridized carbons (Fsp3) is 0.316. The van der Waals surface area contributed by atoms with Crippen molar-refractivity contribution < 1.29 is 14.0 Å². The zero-order valence-corrected chi connectivity index (χ0v) is 14.2. The average Bonchev–Trinajstić information content (AvgIpc) is 2.91. The lowest BCUT2D eigenvalue weighted by atomic mass is 9.92. The van der Waals surface area contributed by atoms with Crippen molar-refractivity contribution >= 4 is 11.8 Å². The number of rotatable bonds is 4. The number of halogens is 1. The molecule has 2 aromatic rings. The molecule has 0 N–H and O–H groups in total. The first-order chi connectivity index (χ1) is 12.0. The molecule has 1 aromatic carbocycles. The van der Waals surface area contributed by atoms with Gasteiger partial charge in [-0.05, 0) is 35.4 Å². The first-order valence-electron chi connectivity index (χ1n) is 8.12. The lowest BCUT2D eigenvalue weighted by molar-refractivity contribution is -0.135. The van der Waals surface area contributed by atoms with Gasteiger partial charge in [0.15, 0.2) is 0 Å². The van der Waals surface area contributed by atoms with Gasteiger partial charge in [0.2, 0.25) is 11.8 Å². The van der Waals surface area contributed by atoms with Gasteiger partial charge in [0.25, 0.3) is 0 Å². The van der Waals surface area contributed by atoms with E-state index in [2.05, 4.69) is 4.98 Å². The molecule has 2 amide bonds. The van der Waals surface area contributed by atoms with E-state index < -0.39 is 5.92 Å². The van der Waals surface area contributed by atoms with E-state index in [9.17, 15) is 14.0 Å². The van der Waals surface area contributed by atoms with Gasteiger partial charge >= 0.3 is 0 Å². The van der Waals surface area contributed by atoms with Gasteiger partial charge in [0.1, 0.15) is 5.82 Å². The largest absolute Gasteiger partial charge is 0.341 e. The number of carbonyl (C=O) groups is 2. The van der Waals surface area contributed by atoms with E-state index in [4.69, 9.17) is 0 Å². The van der Waals surface area contributed by atoms with Gasteiger partial charge in [-0.15, -0.1) is 0 Å². The molecule has 0 bridgehead atoms. The fourth-order valence-corrected chi connectivity index (χ4v) is 3.33. The van der Waals surface area contributed by atoms with Crippen LogP contribution in [-0.4, -0.2) is 40.7 Å². The second-order valence-electron chi connectivity index (χ2n) is 6.36. The molecule has 0 radical (unpaired) electrons. The van der Waals surface area contributed by atoms with E-state index >= 15 is 0 Å². The highest BCUT2D eigenvalue weighted by atomic mass is 19.1. The van der Waals surface area contributed by atoms with Crippen LogP contribution in [-0.2, 0) is 16.1 Å². The van der Waals surface area contributed by atoms with Crippen LogP contribution in [0.25, 0.3) is 0 Å². The van der Waals surface area contributed by atoms with E-state index in [1.807, 2.05) is 12.1 Å². The van der Waals surface area contributed by atoms with Crippen molar-refractivity contribution in [1.82, 2.24) is 14.8 Å². The first kappa shape index (κ1) is 17.1. The normalized spacial score (nSPS) is 20.0. The van der Waals surface area contributed by atoms with Crippen LogP contribution in [0.1, 0.15) is 23.6 Å². The monoisotopic (exact) mass is 341 g/mol. The zero-order valence-electron chi connectivity index (χ0n) is 14.2. The predicted octanol–water partition coefficient (Wildman–Crippen LogP) is 2.40. The quantitative estimate of drug-likeness (QED) is 0.858. The molecule has 0 saturated carbocycles. The lowest BCUT2D eigenvalue weighted by Gasteiger charge is -2.28. The van der Waals surface area contributed by atoms with E-state index in [0.29, 0.717) is 6.54 Å². The van der Waals surface area contributed by atoms with E-state index in [0.717, 1.165) is 11.1 Å². The SMILES string of the molecule is CN(Cc1ccncc1)C(=O)[C@@H]1CC(=O)N(C)[C@@H]1c1ccc(F)cc1. The maximum atomic E-state index is 13.2. The topological polar surface area (TPSA) is 53.5 Å². The van der Waals surface area contributed by atoms with Crippen LogP contribution in [0.2, 0.25) is 0 Å². The molecule has 1 aliphatic rings. The van der Waals surface area contributed by atoms with Gasteiger partial charge < -0.3 is 9.80 Å². The van der Waals surface area contributed by atoms with Gasteiger partial charge in [0.05, 0.1) is 12.0 Å². The molecule has 0 spiro atoms. The summed E-state index contributed by atoms with van der Waals surface area (Å²) in [5.41, 5.74) is 1.74. The molecule has 1 aromatic heterocycles. The molecule has 25 heavy (non-hydrogen) atoms. The fourth-order valence-electron chi connectivity index (χ4n) is 3.33. The number of likely N-dealkylation sites (tertiary alicyclic amines) is 1. The summed E-state index contributed by atoms with van der Waals surface area (Å²) in [5, 5.41) is 0. The highest BCUT2D eigenvalue weighted by Crippen LogP contribution is 2.38. The van der Waals surface area contributed by atoms with Crippen molar-refractivity contribution in [2.45, 2.75) is 19.0 Å². The summed E-state index contributed by atoms with van der Waals surface area (Å²) in [6, 6.07) is 9.32. The standard InChI is InChI=1S/C19H20FN3O2/c1-22(12-13-7-9-21-10-8-13)19(25)16-11-17(24)23(2)18(16)14-3-5-15(20)6-4-14/h3-10,16,18H,11-12H2,1-2H3/t16-,18-/m1/s1. The highest BCUT2D eigenvalue weighted by molar-refractivity contribution is 5.90. The van der Waals surface area contributed by atoms with Crippen molar-refractivity contribution in [3.05, 3.63) is 65.7 Å². The molecule has 1 fully saturated rings. The molecule has 130 valence electrons. The Morgan fingerprint density at radius 2 is 1.88 bits per heavy atom. The Morgan fingerprint density at radius 1 is 1.24 bits per heavy atom. The Balaban J connectivity index is 1.81. The number of hydrogen-bond acceptors (Lipinski definition) is 3. The Kier molecular flexibility index (Phi) is 4.79.